The van der Waals surface area contributed by atoms with Crippen LogP contribution in [-0.2, 0) is 9.59 Å². The predicted molar refractivity (Wildman–Crippen MR) is 73.0 cm³/mol. The van der Waals surface area contributed by atoms with Crippen LogP contribution >= 0.6 is 0 Å². The van der Waals surface area contributed by atoms with Gasteiger partial charge < -0.3 is 10.2 Å². The zero-order valence-corrected chi connectivity index (χ0v) is 12.1. The molecule has 0 amide bonds. The van der Waals surface area contributed by atoms with Crippen LogP contribution in [0.15, 0.2) is 35.5 Å². The van der Waals surface area contributed by atoms with Crippen molar-refractivity contribution in [1.82, 2.24) is 0 Å². The summed E-state index contributed by atoms with van der Waals surface area (Å²) in [5.41, 5.74) is -3.51. The first kappa shape index (κ1) is 17.2. The number of aliphatic carboxylic acids is 1. The molecule has 0 aromatic carbocycles. The zero-order valence-electron chi connectivity index (χ0n) is 12.1. The van der Waals surface area contributed by atoms with Crippen LogP contribution in [-0.4, -0.2) is 34.0 Å². The molecule has 0 saturated carbocycles. The Morgan fingerprint density at radius 1 is 1.43 bits per heavy atom. The van der Waals surface area contributed by atoms with Crippen LogP contribution in [0.2, 0.25) is 0 Å². The van der Waals surface area contributed by atoms with Gasteiger partial charge in [0, 0.05) is 23.5 Å². The monoisotopic (exact) mass is 300 g/mol. The van der Waals surface area contributed by atoms with Gasteiger partial charge in [0.25, 0.3) is 6.43 Å². The van der Waals surface area contributed by atoms with Crippen molar-refractivity contribution < 1.29 is 28.6 Å². The largest absolute Gasteiger partial charge is 0.478 e. The summed E-state index contributed by atoms with van der Waals surface area (Å²) in [6, 6.07) is 0. The van der Waals surface area contributed by atoms with Gasteiger partial charge in [-0.3, -0.25) is 4.79 Å². The van der Waals surface area contributed by atoms with Gasteiger partial charge in [-0.25, -0.2) is 13.6 Å². The van der Waals surface area contributed by atoms with E-state index in [0.29, 0.717) is 0 Å². The number of ketones is 1. The molecule has 1 aliphatic rings. The predicted octanol–water partition coefficient (Wildman–Crippen LogP) is 2.50. The van der Waals surface area contributed by atoms with E-state index in [-0.39, 0.29) is 12.0 Å². The number of rotatable bonds is 4. The molecule has 1 aliphatic carbocycles. The Bertz CT molecular complexity index is 544. The number of halogens is 2. The molecule has 0 bridgehead atoms. The van der Waals surface area contributed by atoms with E-state index < -0.39 is 34.8 Å². The summed E-state index contributed by atoms with van der Waals surface area (Å²) >= 11 is 0. The second-order valence-corrected chi connectivity index (χ2v) is 5.75. The summed E-state index contributed by atoms with van der Waals surface area (Å²) < 4.78 is 26.3. The maximum atomic E-state index is 13.1. The number of aliphatic hydroxyl groups is 1. The highest BCUT2D eigenvalue weighted by Gasteiger charge is 2.50. The smallest absolute Gasteiger partial charge is 0.328 e. The number of alkyl halides is 2. The molecule has 0 heterocycles. The summed E-state index contributed by atoms with van der Waals surface area (Å²) in [4.78, 5) is 22.1. The van der Waals surface area contributed by atoms with Gasteiger partial charge in [-0.05, 0) is 24.6 Å². The number of carboxylic acid groups (broad SMARTS) is 1. The number of carbonyl (C=O) groups excluding carboxylic acids is 1. The molecule has 0 aromatic rings. The first-order valence-corrected chi connectivity index (χ1v) is 6.35. The average Bonchev–Trinajstić information content (AvgIpc) is 2.29. The minimum absolute atomic E-state index is 0.0776. The van der Waals surface area contributed by atoms with Gasteiger partial charge in [0.15, 0.2) is 5.78 Å². The Morgan fingerprint density at radius 2 is 2.00 bits per heavy atom. The van der Waals surface area contributed by atoms with Crippen molar-refractivity contribution in [3.8, 4) is 0 Å². The van der Waals surface area contributed by atoms with Crippen LogP contribution < -0.4 is 0 Å². The molecule has 0 saturated heterocycles. The fourth-order valence-electron chi connectivity index (χ4n) is 2.34. The lowest BCUT2D eigenvalue weighted by atomic mass is 9.64. The fraction of sp³-hybridized carbons (Fsp3) is 0.467. The highest BCUT2D eigenvalue weighted by Crippen LogP contribution is 2.46. The molecule has 1 atom stereocenters. The van der Waals surface area contributed by atoms with Gasteiger partial charge in [0.1, 0.15) is 5.60 Å². The Hall–Kier alpha value is -1.82. The molecule has 0 aliphatic heterocycles. The van der Waals surface area contributed by atoms with Gasteiger partial charge in [0.05, 0.1) is 0 Å². The van der Waals surface area contributed by atoms with Crippen molar-refractivity contribution in [3.63, 3.8) is 0 Å². The van der Waals surface area contributed by atoms with E-state index in [9.17, 15) is 23.5 Å². The number of carboxylic acids is 1. The number of hydrogen-bond acceptors (Lipinski definition) is 3. The normalized spacial score (nSPS) is 26.3. The van der Waals surface area contributed by atoms with Crippen LogP contribution in [0.3, 0.4) is 0 Å². The summed E-state index contributed by atoms with van der Waals surface area (Å²) in [6.07, 6.45) is 1.01. The Balaban J connectivity index is 3.31. The molecule has 0 fully saturated rings. The Kier molecular flexibility index (Phi) is 4.83. The van der Waals surface area contributed by atoms with Crippen molar-refractivity contribution in [1.29, 1.82) is 0 Å². The van der Waals surface area contributed by atoms with Gasteiger partial charge in [-0.1, -0.05) is 19.9 Å². The fourth-order valence-corrected chi connectivity index (χ4v) is 2.34. The zero-order chi connectivity index (χ0) is 16.4. The number of hydrogen-bond donors (Lipinski definition) is 2. The van der Waals surface area contributed by atoms with Crippen LogP contribution in [0.4, 0.5) is 8.78 Å². The average molecular weight is 300 g/mol. The standard InChI is InChI=1S/C15H18F2O4/c1-9(6-12(19)20)4-5-15(21)11(13(16)17)7-10(18)8-14(15,2)3/h4-7,13,21H,8H2,1-3H3,(H,19,20)/b5-4+,9-6-. The minimum atomic E-state index is -2.98. The maximum Gasteiger partial charge on any atom is 0.328 e. The first-order valence-electron chi connectivity index (χ1n) is 6.35. The lowest BCUT2D eigenvalue weighted by Crippen LogP contribution is -2.50. The van der Waals surface area contributed by atoms with Crippen molar-refractivity contribution >= 4 is 11.8 Å². The Labute approximate surface area is 121 Å². The van der Waals surface area contributed by atoms with Crippen LogP contribution in [0.25, 0.3) is 0 Å². The molecule has 1 rings (SSSR count). The van der Waals surface area contributed by atoms with Crippen molar-refractivity contribution in [2.75, 3.05) is 0 Å². The SMILES string of the molecule is CC(=C/C(=O)O)/C=C/C1(O)C(C(F)F)=CC(=O)CC1(C)C. The van der Waals surface area contributed by atoms with E-state index in [4.69, 9.17) is 5.11 Å². The summed E-state index contributed by atoms with van der Waals surface area (Å²) in [7, 11) is 0. The third-order valence-electron chi connectivity index (χ3n) is 3.58. The van der Waals surface area contributed by atoms with E-state index >= 15 is 0 Å². The summed E-state index contributed by atoms with van der Waals surface area (Å²) in [5, 5.41) is 19.3. The molecule has 6 heteroatoms. The summed E-state index contributed by atoms with van der Waals surface area (Å²) in [6.45, 7) is 4.50. The van der Waals surface area contributed by atoms with E-state index in [1.165, 1.54) is 26.8 Å². The van der Waals surface area contributed by atoms with E-state index in [2.05, 4.69) is 0 Å². The van der Waals surface area contributed by atoms with E-state index in [0.717, 1.165) is 18.2 Å². The molecule has 0 radical (unpaired) electrons. The Morgan fingerprint density at radius 3 is 2.48 bits per heavy atom. The van der Waals surface area contributed by atoms with Crippen molar-refractivity contribution in [2.24, 2.45) is 5.41 Å². The molecule has 4 nitrogen and oxygen atoms in total. The molecule has 2 N–H and O–H groups in total. The molecular weight excluding hydrogens is 282 g/mol. The maximum absolute atomic E-state index is 13.1. The lowest BCUT2D eigenvalue weighted by Gasteiger charge is -2.44. The third kappa shape index (κ3) is 3.64. The molecule has 1 unspecified atom stereocenters. The van der Waals surface area contributed by atoms with Crippen LogP contribution in [0.5, 0.6) is 0 Å². The minimum Gasteiger partial charge on any atom is -0.478 e. The van der Waals surface area contributed by atoms with Crippen molar-refractivity contribution in [2.45, 2.75) is 39.2 Å². The van der Waals surface area contributed by atoms with Gasteiger partial charge in [0.2, 0.25) is 0 Å². The number of allylic oxidation sites excluding steroid dienone is 3. The molecule has 0 spiro atoms. The third-order valence-corrected chi connectivity index (χ3v) is 3.58. The first-order chi connectivity index (χ1) is 9.49. The van der Waals surface area contributed by atoms with Gasteiger partial charge >= 0.3 is 5.97 Å². The summed E-state index contributed by atoms with van der Waals surface area (Å²) in [5.74, 6) is -1.64. The number of carbonyl (C=O) groups is 2. The van der Waals surface area contributed by atoms with E-state index in [1.807, 2.05) is 0 Å². The van der Waals surface area contributed by atoms with E-state index in [1.54, 1.807) is 0 Å². The van der Waals surface area contributed by atoms with Gasteiger partial charge in [-0.2, -0.15) is 0 Å². The molecular formula is C15H18F2O4. The van der Waals surface area contributed by atoms with Crippen molar-refractivity contribution in [3.05, 3.63) is 35.5 Å². The second-order valence-electron chi connectivity index (χ2n) is 5.75. The molecule has 21 heavy (non-hydrogen) atoms. The quantitative estimate of drug-likeness (QED) is 0.618. The highest BCUT2D eigenvalue weighted by molar-refractivity contribution is 5.93. The second kappa shape index (κ2) is 5.89. The lowest BCUT2D eigenvalue weighted by molar-refractivity contribution is -0.131. The van der Waals surface area contributed by atoms with Gasteiger partial charge in [-0.15, -0.1) is 0 Å². The highest BCUT2D eigenvalue weighted by atomic mass is 19.3. The molecule has 0 aromatic heterocycles. The van der Waals surface area contributed by atoms with Crippen LogP contribution in [0.1, 0.15) is 27.2 Å². The molecule has 116 valence electrons. The van der Waals surface area contributed by atoms with Crippen LogP contribution in [0, 0.1) is 5.41 Å². The topological polar surface area (TPSA) is 74.6 Å².